The minimum absolute atomic E-state index is 0.138. The SMILES string of the molecule is O=Cc1ccccc1I.OCc1ccccc1I. The first-order valence-electron chi connectivity index (χ1n) is 5.23. The van der Waals surface area contributed by atoms with Gasteiger partial charge in [-0.25, -0.2) is 0 Å². The van der Waals surface area contributed by atoms with Crippen molar-refractivity contribution in [2.75, 3.05) is 0 Å². The highest BCUT2D eigenvalue weighted by molar-refractivity contribution is 14.1. The number of hydrogen-bond acceptors (Lipinski definition) is 2. The topological polar surface area (TPSA) is 37.3 Å². The third kappa shape index (κ3) is 5.03. The zero-order chi connectivity index (χ0) is 13.4. The molecule has 2 aromatic rings. The largest absolute Gasteiger partial charge is 0.392 e. The lowest BCUT2D eigenvalue weighted by atomic mass is 10.2. The highest BCUT2D eigenvalue weighted by Gasteiger charge is 1.92. The molecular formula is C14H12I2O2. The van der Waals surface area contributed by atoms with Crippen molar-refractivity contribution >= 4 is 51.5 Å². The van der Waals surface area contributed by atoms with E-state index in [2.05, 4.69) is 45.2 Å². The van der Waals surface area contributed by atoms with E-state index < -0.39 is 0 Å². The second kappa shape index (κ2) is 8.60. The number of benzene rings is 2. The summed E-state index contributed by atoms with van der Waals surface area (Å²) in [5.74, 6) is 0. The molecule has 2 nitrogen and oxygen atoms in total. The van der Waals surface area contributed by atoms with Crippen LogP contribution in [0.5, 0.6) is 0 Å². The van der Waals surface area contributed by atoms with Gasteiger partial charge >= 0.3 is 0 Å². The van der Waals surface area contributed by atoms with E-state index in [-0.39, 0.29) is 6.61 Å². The van der Waals surface area contributed by atoms with E-state index in [0.717, 1.165) is 24.6 Å². The normalized spacial score (nSPS) is 9.28. The summed E-state index contributed by atoms with van der Waals surface area (Å²) in [5.41, 5.74) is 1.76. The zero-order valence-electron chi connectivity index (χ0n) is 9.51. The van der Waals surface area contributed by atoms with Crippen molar-refractivity contribution in [1.82, 2.24) is 0 Å². The van der Waals surface area contributed by atoms with Gasteiger partial charge in [0.15, 0.2) is 6.29 Å². The molecule has 0 saturated carbocycles. The number of hydrogen-bond donors (Lipinski definition) is 1. The van der Waals surface area contributed by atoms with E-state index in [1.807, 2.05) is 42.5 Å². The predicted molar refractivity (Wildman–Crippen MR) is 89.6 cm³/mol. The fraction of sp³-hybridized carbons (Fsp3) is 0.0714. The van der Waals surface area contributed by atoms with E-state index in [0.29, 0.717) is 0 Å². The number of carbonyl (C=O) groups is 1. The highest BCUT2D eigenvalue weighted by Crippen LogP contribution is 2.10. The maximum atomic E-state index is 10.2. The van der Waals surface area contributed by atoms with Gasteiger partial charge in [0.05, 0.1) is 6.61 Å². The van der Waals surface area contributed by atoms with Crippen molar-refractivity contribution in [3.63, 3.8) is 0 Å². The maximum Gasteiger partial charge on any atom is 0.151 e. The van der Waals surface area contributed by atoms with Gasteiger partial charge in [-0.3, -0.25) is 4.79 Å². The van der Waals surface area contributed by atoms with Crippen LogP contribution in [0.25, 0.3) is 0 Å². The molecule has 18 heavy (non-hydrogen) atoms. The van der Waals surface area contributed by atoms with Crippen molar-refractivity contribution in [3.8, 4) is 0 Å². The van der Waals surface area contributed by atoms with E-state index in [1.165, 1.54) is 0 Å². The summed E-state index contributed by atoms with van der Waals surface area (Å²) in [7, 11) is 0. The Hall–Kier alpha value is -0.470. The summed E-state index contributed by atoms with van der Waals surface area (Å²) in [6.45, 7) is 0.138. The molecular weight excluding hydrogens is 454 g/mol. The molecule has 0 aromatic heterocycles. The van der Waals surface area contributed by atoms with Crippen molar-refractivity contribution < 1.29 is 9.90 Å². The van der Waals surface area contributed by atoms with Gasteiger partial charge in [0.1, 0.15) is 0 Å². The first-order valence-corrected chi connectivity index (χ1v) is 7.38. The summed E-state index contributed by atoms with van der Waals surface area (Å²) >= 11 is 4.33. The highest BCUT2D eigenvalue weighted by atomic mass is 127. The average Bonchev–Trinajstić information content (AvgIpc) is 2.41. The Balaban J connectivity index is 0.000000180. The Morgan fingerprint density at radius 1 is 0.944 bits per heavy atom. The molecule has 2 rings (SSSR count). The van der Waals surface area contributed by atoms with E-state index in [1.54, 1.807) is 6.07 Å². The molecule has 94 valence electrons. The number of rotatable bonds is 2. The third-order valence-corrected chi connectivity index (χ3v) is 4.20. The quantitative estimate of drug-likeness (QED) is 0.539. The minimum atomic E-state index is 0.138. The predicted octanol–water partition coefficient (Wildman–Crippen LogP) is 3.89. The van der Waals surface area contributed by atoms with Crippen LogP contribution in [0.1, 0.15) is 15.9 Å². The summed E-state index contributed by atoms with van der Waals surface area (Å²) in [6.07, 6.45) is 0.863. The zero-order valence-corrected chi connectivity index (χ0v) is 13.8. The number of aliphatic hydroxyl groups is 1. The van der Waals surface area contributed by atoms with Gasteiger partial charge in [0.25, 0.3) is 0 Å². The number of aldehydes is 1. The van der Waals surface area contributed by atoms with Crippen molar-refractivity contribution in [2.45, 2.75) is 6.61 Å². The molecule has 1 N–H and O–H groups in total. The lowest BCUT2D eigenvalue weighted by molar-refractivity contribution is 0.112. The molecule has 0 unspecified atom stereocenters. The molecule has 2 aromatic carbocycles. The molecule has 0 bridgehead atoms. The Morgan fingerprint density at radius 2 is 1.50 bits per heavy atom. The third-order valence-electron chi connectivity index (χ3n) is 2.16. The molecule has 0 aliphatic carbocycles. The van der Waals surface area contributed by atoms with Gasteiger partial charge in [-0.2, -0.15) is 0 Å². The number of carbonyl (C=O) groups excluding carboxylic acids is 1. The average molecular weight is 466 g/mol. The Bertz CT molecular complexity index is 513. The van der Waals surface area contributed by atoms with E-state index in [4.69, 9.17) is 5.11 Å². The molecule has 0 spiro atoms. The first kappa shape index (κ1) is 15.6. The molecule has 4 heteroatoms. The van der Waals surface area contributed by atoms with Gasteiger partial charge < -0.3 is 5.11 Å². The Morgan fingerprint density at radius 3 is 1.89 bits per heavy atom. The lowest BCUT2D eigenvalue weighted by Crippen LogP contribution is -1.85. The van der Waals surface area contributed by atoms with Gasteiger partial charge in [-0.1, -0.05) is 36.4 Å². The van der Waals surface area contributed by atoms with E-state index >= 15 is 0 Å². The summed E-state index contributed by atoms with van der Waals surface area (Å²) < 4.78 is 2.13. The van der Waals surface area contributed by atoms with Crippen molar-refractivity contribution in [1.29, 1.82) is 0 Å². The Kier molecular flexibility index (Phi) is 7.45. The maximum absolute atomic E-state index is 10.2. The van der Waals surface area contributed by atoms with Crippen LogP contribution < -0.4 is 0 Å². The monoisotopic (exact) mass is 466 g/mol. The van der Waals surface area contributed by atoms with Gasteiger partial charge in [0.2, 0.25) is 0 Å². The minimum Gasteiger partial charge on any atom is -0.392 e. The van der Waals surface area contributed by atoms with Crippen molar-refractivity contribution in [2.24, 2.45) is 0 Å². The van der Waals surface area contributed by atoms with E-state index in [9.17, 15) is 4.79 Å². The second-order valence-corrected chi connectivity index (χ2v) is 5.71. The van der Waals surface area contributed by atoms with Gasteiger partial charge in [-0.15, -0.1) is 0 Å². The first-order chi connectivity index (χ1) is 8.69. The number of halogens is 2. The molecule has 0 saturated heterocycles. The molecule has 0 fully saturated rings. The second-order valence-electron chi connectivity index (χ2n) is 3.39. The molecule has 0 atom stereocenters. The lowest BCUT2D eigenvalue weighted by Gasteiger charge is -1.96. The smallest absolute Gasteiger partial charge is 0.151 e. The van der Waals surface area contributed by atoms with Gasteiger partial charge in [0, 0.05) is 12.7 Å². The summed E-state index contributed by atoms with van der Waals surface area (Å²) in [4.78, 5) is 10.2. The standard InChI is InChI=1S/C7H7IO.C7H5IO/c2*8-7-4-2-1-3-6(7)5-9/h1-4,9H,5H2;1-5H. The summed E-state index contributed by atoms with van der Waals surface area (Å²) in [5, 5.41) is 8.71. The number of aliphatic hydroxyl groups excluding tert-OH is 1. The summed E-state index contributed by atoms with van der Waals surface area (Å²) in [6, 6.07) is 15.3. The van der Waals surface area contributed by atoms with Crippen LogP contribution in [-0.2, 0) is 6.61 Å². The van der Waals surface area contributed by atoms with Crippen LogP contribution in [0.3, 0.4) is 0 Å². The molecule has 0 aliphatic heterocycles. The van der Waals surface area contributed by atoms with Crippen LogP contribution in [-0.4, -0.2) is 11.4 Å². The molecule has 0 amide bonds. The van der Waals surface area contributed by atoms with Crippen LogP contribution in [0.15, 0.2) is 48.5 Å². The molecule has 0 radical (unpaired) electrons. The fourth-order valence-corrected chi connectivity index (χ4v) is 2.27. The van der Waals surface area contributed by atoms with Crippen LogP contribution >= 0.6 is 45.2 Å². The molecule has 0 aliphatic rings. The van der Waals surface area contributed by atoms with Crippen LogP contribution in [0.4, 0.5) is 0 Å². The molecule has 0 heterocycles. The van der Waals surface area contributed by atoms with Crippen molar-refractivity contribution in [3.05, 3.63) is 66.8 Å². The van der Waals surface area contributed by atoms with Gasteiger partial charge in [-0.05, 0) is 62.9 Å². The Labute approximate surface area is 134 Å². The van der Waals surface area contributed by atoms with Crippen LogP contribution in [0, 0.1) is 7.14 Å². The fourth-order valence-electron chi connectivity index (χ4n) is 1.20. The van der Waals surface area contributed by atoms with Crippen LogP contribution in [0.2, 0.25) is 0 Å².